The van der Waals surface area contributed by atoms with E-state index in [1.165, 1.54) is 38.1 Å². The number of rotatable bonds is 10. The first kappa shape index (κ1) is 51.3. The summed E-state index contributed by atoms with van der Waals surface area (Å²) in [6.45, 7) is 20.1. The Bertz CT molecular complexity index is 2290. The number of nitrogens with two attached hydrogens (primary N) is 1. The summed E-state index contributed by atoms with van der Waals surface area (Å²) in [6.07, 6.45) is -2.21. The second kappa shape index (κ2) is 23.6. The van der Waals surface area contributed by atoms with E-state index in [9.17, 15) is 38.2 Å². The van der Waals surface area contributed by atoms with Crippen LogP contribution in [-0.4, -0.2) is 73.5 Å². The van der Waals surface area contributed by atoms with Gasteiger partial charge in [0, 0.05) is 22.5 Å². The minimum atomic E-state index is -1.17. The molecule has 0 saturated heterocycles. The van der Waals surface area contributed by atoms with Gasteiger partial charge >= 0.3 is 5.97 Å². The standard InChI is InChI=1S/C19H18ClFN4O4.C12H13ClN2O3.C7H7FN2O2.CH4/c1-9-13(5-6-14(22-3)16(9)20)23-17(10(2)26)19(29)25-24-18(28)11-4-7-15(27)12(21)8-11;1-6-8(4-5-9(14-3)10(6)13)15-11(7(2)16)12(17)18;8-5-3-4(7(12)10-9)1-2-6(5)11;/h4-8,10,17,23,26-27H,1-2H3,(H,24,28)(H,25,29);4-5,7,11,15-16H,1-2H3,(H,17,18);1-3,11H,9H2,(H,10,12);1H4/t10-,17+;7-,11+;;/m00../s1. The molecule has 0 unspecified atom stereocenters. The predicted octanol–water partition coefficient (Wildman–Crippen LogP) is 5.88. The van der Waals surface area contributed by atoms with Crippen LogP contribution >= 0.6 is 23.2 Å². The third-order valence-electron chi connectivity index (χ3n) is 7.96. The van der Waals surface area contributed by atoms with Crippen LogP contribution in [0.5, 0.6) is 11.5 Å². The lowest BCUT2D eigenvalue weighted by Crippen LogP contribution is -2.52. The molecule has 0 aromatic heterocycles. The Morgan fingerprint density at radius 1 is 0.700 bits per heavy atom. The molecule has 0 aliphatic rings. The Balaban J connectivity index is 0.000000494. The Morgan fingerprint density at radius 2 is 1.10 bits per heavy atom. The number of hydrogen-bond donors (Lipinski definition) is 11. The van der Waals surface area contributed by atoms with Crippen LogP contribution in [0.4, 0.5) is 31.5 Å². The number of carboxylic acid groups (broad SMARTS) is 1. The predicted molar refractivity (Wildman–Crippen MR) is 221 cm³/mol. The number of phenols is 2. The van der Waals surface area contributed by atoms with Gasteiger partial charge in [-0.15, -0.1) is 0 Å². The third-order valence-corrected chi connectivity index (χ3v) is 8.91. The summed E-state index contributed by atoms with van der Waals surface area (Å²) in [5.74, 6) is -1.48. The lowest BCUT2D eigenvalue weighted by molar-refractivity contribution is -0.140. The molecule has 0 fully saturated rings. The molecule has 4 atom stereocenters. The number of benzene rings is 4. The quantitative estimate of drug-likeness (QED) is 0.0386. The number of phenolic OH excluding ortho intramolecular Hbond substituents is 2. The normalized spacial score (nSPS) is 11.9. The molecule has 60 heavy (non-hydrogen) atoms. The van der Waals surface area contributed by atoms with Gasteiger partial charge in [-0.2, -0.15) is 0 Å². The van der Waals surface area contributed by atoms with Crippen molar-refractivity contribution in [3.63, 3.8) is 0 Å². The van der Waals surface area contributed by atoms with Crippen molar-refractivity contribution in [2.24, 2.45) is 5.84 Å². The van der Waals surface area contributed by atoms with Crippen LogP contribution in [0.1, 0.15) is 53.1 Å². The van der Waals surface area contributed by atoms with Gasteiger partial charge in [0.2, 0.25) is 11.4 Å². The van der Waals surface area contributed by atoms with E-state index in [2.05, 4.69) is 31.2 Å². The highest BCUT2D eigenvalue weighted by Gasteiger charge is 2.26. The second-order valence-corrected chi connectivity index (χ2v) is 12.9. The highest BCUT2D eigenvalue weighted by molar-refractivity contribution is 6.35. The maximum atomic E-state index is 13.3. The van der Waals surface area contributed by atoms with Crippen LogP contribution in [0, 0.1) is 38.6 Å². The minimum Gasteiger partial charge on any atom is -0.505 e. The number of carboxylic acids is 1. The van der Waals surface area contributed by atoms with Crippen LogP contribution < -0.4 is 32.8 Å². The number of carbonyl (C=O) groups excluding carboxylic acids is 3. The summed E-state index contributed by atoms with van der Waals surface area (Å²) < 4.78 is 26.0. The zero-order valence-corrected chi connectivity index (χ0v) is 32.9. The van der Waals surface area contributed by atoms with Crippen molar-refractivity contribution in [2.45, 2.75) is 59.4 Å². The van der Waals surface area contributed by atoms with Crippen LogP contribution in [0.15, 0.2) is 60.7 Å². The minimum absolute atomic E-state index is 0. The highest BCUT2D eigenvalue weighted by Crippen LogP contribution is 2.34. The largest absolute Gasteiger partial charge is 0.505 e. The van der Waals surface area contributed by atoms with Crippen molar-refractivity contribution < 1.29 is 53.5 Å². The molecule has 21 heteroatoms. The van der Waals surface area contributed by atoms with Crippen molar-refractivity contribution in [3.05, 3.63) is 127 Å². The van der Waals surface area contributed by atoms with Crippen molar-refractivity contribution in [1.29, 1.82) is 0 Å². The van der Waals surface area contributed by atoms with E-state index < -0.39 is 71.1 Å². The molecule has 4 aromatic rings. The lowest BCUT2D eigenvalue weighted by atomic mass is 10.1. The number of carbonyl (C=O) groups is 4. The fourth-order valence-corrected chi connectivity index (χ4v) is 5.02. The van der Waals surface area contributed by atoms with Crippen LogP contribution in [0.2, 0.25) is 10.0 Å². The van der Waals surface area contributed by atoms with E-state index in [1.807, 2.05) is 5.43 Å². The van der Waals surface area contributed by atoms with Crippen molar-refractivity contribution in [1.82, 2.24) is 16.3 Å². The summed E-state index contributed by atoms with van der Waals surface area (Å²) in [5.41, 5.74) is 8.60. The van der Waals surface area contributed by atoms with Crippen LogP contribution in [0.3, 0.4) is 0 Å². The molecule has 0 aliphatic heterocycles. The molecule has 0 bridgehead atoms. The summed E-state index contributed by atoms with van der Waals surface area (Å²) in [4.78, 5) is 52.7. The molecule has 12 N–H and O–H groups in total. The van der Waals surface area contributed by atoms with Gasteiger partial charge in [-0.25, -0.2) is 29.1 Å². The fourth-order valence-electron chi connectivity index (χ4n) is 4.60. The van der Waals surface area contributed by atoms with E-state index >= 15 is 0 Å². The van der Waals surface area contributed by atoms with Crippen molar-refractivity contribution in [2.75, 3.05) is 10.6 Å². The summed E-state index contributed by atoms with van der Waals surface area (Å²) >= 11 is 12.1. The van der Waals surface area contributed by atoms with Crippen LogP contribution in [0.25, 0.3) is 9.69 Å². The van der Waals surface area contributed by atoms with E-state index in [4.69, 9.17) is 57.5 Å². The number of nitrogens with zero attached hydrogens (tertiary/aromatic N) is 2. The number of aromatic hydroxyl groups is 2. The smallest absolute Gasteiger partial charge is 0.328 e. The topological polar surface area (TPSA) is 264 Å². The number of anilines is 2. The number of halogens is 4. The molecular formula is C39H42Cl2F2N8O9. The maximum Gasteiger partial charge on any atom is 0.328 e. The zero-order chi connectivity index (χ0) is 44.7. The maximum absolute atomic E-state index is 13.3. The average molecular weight is 876 g/mol. The van der Waals surface area contributed by atoms with Gasteiger partial charge in [-0.1, -0.05) is 42.8 Å². The van der Waals surface area contributed by atoms with E-state index in [1.54, 1.807) is 26.0 Å². The van der Waals surface area contributed by atoms with Crippen molar-refractivity contribution in [3.8, 4) is 11.5 Å². The molecule has 0 spiro atoms. The molecule has 17 nitrogen and oxygen atoms in total. The highest BCUT2D eigenvalue weighted by atomic mass is 35.5. The number of aliphatic carboxylic acids is 1. The van der Waals surface area contributed by atoms with Crippen LogP contribution in [-0.2, 0) is 9.59 Å². The second-order valence-electron chi connectivity index (χ2n) is 12.2. The Kier molecular flexibility index (Phi) is 20.2. The SMILES string of the molecule is C.NNC(=O)c1ccc(O)c(F)c1.[C-]#[N+]c1ccc(N[C@@H](C(=O)NNC(=O)c2ccc(O)c(F)c2)[C@H](C)O)c(C)c1Cl.[C-]#[N+]c1ccc(N[C@@H](C(=O)O)[C@H](C)O)c(C)c1Cl. The van der Waals surface area contributed by atoms with Gasteiger partial charge in [0.25, 0.3) is 17.7 Å². The Hall–Kier alpha value is -6.74. The number of nitrogens with one attached hydrogen (secondary N) is 5. The molecule has 0 heterocycles. The molecule has 0 radical (unpaired) electrons. The van der Waals surface area contributed by atoms with Gasteiger partial charge in [0.1, 0.15) is 6.04 Å². The van der Waals surface area contributed by atoms with Gasteiger partial charge < -0.3 is 36.2 Å². The number of hydrogen-bond acceptors (Lipinski definition) is 11. The number of amides is 3. The summed E-state index contributed by atoms with van der Waals surface area (Å²) in [5, 5.41) is 52.2. The molecule has 320 valence electrons. The van der Waals surface area contributed by atoms with Gasteiger partial charge in [0.05, 0.1) is 35.4 Å². The summed E-state index contributed by atoms with van der Waals surface area (Å²) in [6, 6.07) is 10.1. The number of nitrogen functional groups attached to an aromatic ring is 1. The molecule has 3 amide bonds. The first-order valence-electron chi connectivity index (χ1n) is 16.7. The first-order valence-corrected chi connectivity index (χ1v) is 17.5. The van der Waals surface area contributed by atoms with E-state index in [0.29, 0.717) is 28.2 Å². The van der Waals surface area contributed by atoms with E-state index in [-0.39, 0.29) is 34.3 Å². The fraction of sp³-hybridized carbons (Fsp3) is 0.231. The number of hydrazine groups is 2. The summed E-state index contributed by atoms with van der Waals surface area (Å²) in [7, 11) is 0. The number of aliphatic hydroxyl groups excluding tert-OH is 2. The Labute approximate surface area is 353 Å². The number of aliphatic hydroxyl groups is 2. The average Bonchev–Trinajstić information content (AvgIpc) is 3.19. The molecular weight excluding hydrogens is 833 g/mol. The van der Waals surface area contributed by atoms with Crippen molar-refractivity contribution >= 4 is 69.6 Å². The molecule has 4 rings (SSSR count). The molecule has 0 saturated carbocycles. The van der Waals surface area contributed by atoms with Gasteiger partial charge in [-0.3, -0.25) is 30.7 Å². The monoisotopic (exact) mass is 874 g/mol. The zero-order valence-electron chi connectivity index (χ0n) is 31.4. The third kappa shape index (κ3) is 14.0. The first-order chi connectivity index (χ1) is 27.7. The van der Waals surface area contributed by atoms with E-state index in [0.717, 1.165) is 24.3 Å². The van der Waals surface area contributed by atoms with Gasteiger partial charge in [-0.05, 0) is 87.4 Å². The van der Waals surface area contributed by atoms with Gasteiger partial charge in [0.15, 0.2) is 29.2 Å². The molecule has 4 aromatic carbocycles. The molecule has 0 aliphatic carbocycles. The Morgan fingerprint density at radius 3 is 1.45 bits per heavy atom. The lowest BCUT2D eigenvalue weighted by Gasteiger charge is -2.23.